The molecule has 0 bridgehead atoms. The number of carbonyl (C=O) groups is 1. The first kappa shape index (κ1) is 19.6. The molecule has 1 aliphatic heterocycles. The minimum Gasteiger partial charge on any atom is -0.390 e. The van der Waals surface area contributed by atoms with Crippen LogP contribution in [-0.4, -0.2) is 29.2 Å². The molecule has 0 spiro atoms. The maximum absolute atomic E-state index is 13.2. The van der Waals surface area contributed by atoms with E-state index in [2.05, 4.69) is 5.16 Å². The summed E-state index contributed by atoms with van der Waals surface area (Å²) in [5, 5.41) is 6.66. The summed E-state index contributed by atoms with van der Waals surface area (Å²) >= 11 is 7.51. The van der Waals surface area contributed by atoms with Gasteiger partial charge in [-0.25, -0.2) is 4.39 Å². The van der Waals surface area contributed by atoms with Crippen LogP contribution in [0.2, 0.25) is 5.02 Å². The molecule has 0 aliphatic carbocycles. The van der Waals surface area contributed by atoms with Crippen molar-refractivity contribution in [1.29, 1.82) is 0 Å². The van der Waals surface area contributed by atoms with E-state index in [4.69, 9.17) is 16.4 Å². The first-order chi connectivity index (χ1) is 14.1. The summed E-state index contributed by atoms with van der Waals surface area (Å²) < 4.78 is 13.2. The fourth-order valence-electron chi connectivity index (χ4n) is 3.22. The molecule has 148 valence electrons. The van der Waals surface area contributed by atoms with Gasteiger partial charge in [0.1, 0.15) is 5.82 Å². The Morgan fingerprint density at radius 2 is 2.03 bits per heavy atom. The molecule has 2 heterocycles. The van der Waals surface area contributed by atoms with Crippen LogP contribution in [0.15, 0.2) is 71.2 Å². The molecular weight excluding hydrogens is 411 g/mol. The van der Waals surface area contributed by atoms with E-state index in [9.17, 15) is 9.18 Å². The van der Waals surface area contributed by atoms with Crippen LogP contribution in [0.1, 0.15) is 27.2 Å². The van der Waals surface area contributed by atoms with Crippen LogP contribution >= 0.6 is 22.9 Å². The zero-order chi connectivity index (χ0) is 20.2. The Balaban J connectivity index is 1.48. The monoisotopic (exact) mass is 428 g/mol. The Labute approximate surface area is 177 Å². The highest BCUT2D eigenvalue weighted by Crippen LogP contribution is 2.22. The maximum Gasteiger partial charge on any atom is 0.264 e. The van der Waals surface area contributed by atoms with E-state index in [1.165, 1.54) is 23.5 Å². The predicted octanol–water partition coefficient (Wildman–Crippen LogP) is 5.38. The zero-order valence-electron chi connectivity index (χ0n) is 15.4. The highest BCUT2D eigenvalue weighted by Gasteiger charge is 2.27. The lowest BCUT2D eigenvalue weighted by atomic mass is 10.0. The average Bonchev–Trinajstić information content (AvgIpc) is 3.40. The van der Waals surface area contributed by atoms with Crippen molar-refractivity contribution < 1.29 is 14.0 Å². The molecule has 2 aromatic carbocycles. The lowest BCUT2D eigenvalue weighted by molar-refractivity contribution is 0.0408. The number of amides is 1. The predicted molar refractivity (Wildman–Crippen MR) is 113 cm³/mol. The molecule has 3 aromatic rings. The third kappa shape index (κ3) is 4.83. The van der Waals surface area contributed by atoms with Crippen LogP contribution in [0.25, 0.3) is 0 Å². The standard InChI is InChI=1S/C22H18ClFN2O2S/c23-17-4-1-3-15(11-17)13-26(22(27)21-5-2-10-29-21)14-19-12-20(25-28-19)16-6-8-18(24)9-7-16/h1-11,19H,12-14H2. The van der Waals surface area contributed by atoms with Crippen molar-refractivity contribution in [2.24, 2.45) is 5.16 Å². The van der Waals surface area contributed by atoms with Crippen LogP contribution in [0, 0.1) is 5.82 Å². The van der Waals surface area contributed by atoms with Crippen LogP contribution in [-0.2, 0) is 11.4 Å². The van der Waals surface area contributed by atoms with Gasteiger partial charge in [0.2, 0.25) is 0 Å². The second-order valence-corrected chi connectivity index (χ2v) is 8.15. The van der Waals surface area contributed by atoms with Gasteiger partial charge in [0, 0.05) is 18.0 Å². The summed E-state index contributed by atoms with van der Waals surface area (Å²) in [6.07, 6.45) is 0.285. The molecule has 0 radical (unpaired) electrons. The van der Waals surface area contributed by atoms with Crippen molar-refractivity contribution in [2.45, 2.75) is 19.1 Å². The molecule has 0 saturated heterocycles. The van der Waals surface area contributed by atoms with E-state index >= 15 is 0 Å². The summed E-state index contributed by atoms with van der Waals surface area (Å²) in [5.41, 5.74) is 2.52. The van der Waals surface area contributed by atoms with Crippen molar-refractivity contribution >= 4 is 34.6 Å². The molecule has 0 saturated carbocycles. The summed E-state index contributed by atoms with van der Waals surface area (Å²) in [4.78, 5) is 21.1. The number of oxime groups is 1. The molecule has 1 aromatic heterocycles. The van der Waals surface area contributed by atoms with Crippen molar-refractivity contribution in [1.82, 2.24) is 4.90 Å². The van der Waals surface area contributed by atoms with Crippen LogP contribution in [0.5, 0.6) is 0 Å². The number of halogens is 2. The van der Waals surface area contributed by atoms with E-state index in [-0.39, 0.29) is 17.8 Å². The molecule has 1 amide bonds. The minimum atomic E-state index is -0.293. The maximum atomic E-state index is 13.2. The summed E-state index contributed by atoms with van der Waals surface area (Å²) in [6, 6.07) is 17.3. The first-order valence-electron chi connectivity index (χ1n) is 9.14. The molecule has 0 N–H and O–H groups in total. The van der Waals surface area contributed by atoms with Crippen molar-refractivity contribution in [3.63, 3.8) is 0 Å². The Morgan fingerprint density at radius 1 is 1.21 bits per heavy atom. The quantitative estimate of drug-likeness (QED) is 0.529. The fraction of sp³-hybridized carbons (Fsp3) is 0.182. The van der Waals surface area contributed by atoms with Gasteiger partial charge in [0.05, 0.1) is 17.1 Å². The van der Waals surface area contributed by atoms with E-state index in [1.54, 1.807) is 23.1 Å². The number of hydrogen-bond acceptors (Lipinski definition) is 4. The van der Waals surface area contributed by atoms with Gasteiger partial charge in [-0.3, -0.25) is 4.79 Å². The molecule has 1 atom stereocenters. The van der Waals surface area contributed by atoms with Crippen molar-refractivity contribution in [2.75, 3.05) is 6.54 Å². The molecule has 0 fully saturated rings. The highest BCUT2D eigenvalue weighted by molar-refractivity contribution is 7.12. The molecule has 1 unspecified atom stereocenters. The molecule has 7 heteroatoms. The van der Waals surface area contributed by atoms with Gasteiger partial charge >= 0.3 is 0 Å². The van der Waals surface area contributed by atoms with Gasteiger partial charge in [-0.05, 0) is 46.8 Å². The normalized spacial score (nSPS) is 15.7. The first-order valence-corrected chi connectivity index (χ1v) is 10.4. The van der Waals surface area contributed by atoms with Crippen molar-refractivity contribution in [3.05, 3.63) is 92.9 Å². The Morgan fingerprint density at radius 3 is 2.76 bits per heavy atom. The number of hydrogen-bond donors (Lipinski definition) is 0. The van der Waals surface area contributed by atoms with Crippen LogP contribution in [0.4, 0.5) is 4.39 Å². The Hall–Kier alpha value is -2.70. The summed E-state index contributed by atoms with van der Waals surface area (Å²) in [5.74, 6) is -0.349. The second-order valence-electron chi connectivity index (χ2n) is 6.77. The number of carbonyl (C=O) groups excluding carboxylic acids is 1. The topological polar surface area (TPSA) is 41.9 Å². The lowest BCUT2D eigenvalue weighted by Gasteiger charge is -2.24. The largest absolute Gasteiger partial charge is 0.390 e. The average molecular weight is 429 g/mol. The van der Waals surface area contributed by atoms with Gasteiger partial charge in [-0.2, -0.15) is 0 Å². The van der Waals surface area contributed by atoms with Gasteiger partial charge in [0.15, 0.2) is 6.10 Å². The van der Waals surface area contributed by atoms with Gasteiger partial charge in [0.25, 0.3) is 5.91 Å². The van der Waals surface area contributed by atoms with E-state index in [0.717, 1.165) is 16.8 Å². The number of nitrogens with zero attached hydrogens (tertiary/aromatic N) is 2. The lowest BCUT2D eigenvalue weighted by Crippen LogP contribution is -2.37. The number of benzene rings is 2. The molecule has 4 nitrogen and oxygen atoms in total. The molecule has 29 heavy (non-hydrogen) atoms. The fourth-order valence-corrected chi connectivity index (χ4v) is 4.12. The Bertz CT molecular complexity index is 1020. The van der Waals surface area contributed by atoms with Crippen molar-refractivity contribution in [3.8, 4) is 0 Å². The van der Waals surface area contributed by atoms with Crippen LogP contribution in [0.3, 0.4) is 0 Å². The molecular formula is C22H18ClFN2O2S. The number of rotatable bonds is 6. The van der Waals surface area contributed by atoms with Gasteiger partial charge in [-0.1, -0.05) is 47.1 Å². The van der Waals surface area contributed by atoms with E-state index in [0.29, 0.717) is 29.4 Å². The van der Waals surface area contributed by atoms with E-state index in [1.807, 2.05) is 35.7 Å². The minimum absolute atomic E-state index is 0.0567. The Kier molecular flexibility index (Phi) is 5.92. The van der Waals surface area contributed by atoms with Gasteiger partial charge in [-0.15, -0.1) is 11.3 Å². The van der Waals surface area contributed by atoms with E-state index < -0.39 is 0 Å². The SMILES string of the molecule is O=C(c1cccs1)N(Cc1cccc(Cl)c1)CC1CC(c2ccc(F)cc2)=NO1. The third-order valence-electron chi connectivity index (χ3n) is 4.62. The smallest absolute Gasteiger partial charge is 0.264 e. The highest BCUT2D eigenvalue weighted by atomic mass is 35.5. The summed E-state index contributed by atoms with van der Waals surface area (Å²) in [7, 11) is 0. The summed E-state index contributed by atoms with van der Waals surface area (Å²) in [6.45, 7) is 0.806. The molecule has 4 rings (SSSR count). The second kappa shape index (κ2) is 8.76. The zero-order valence-corrected chi connectivity index (χ0v) is 17.0. The third-order valence-corrected chi connectivity index (χ3v) is 5.71. The van der Waals surface area contributed by atoms with Gasteiger partial charge < -0.3 is 9.74 Å². The number of thiophene rings is 1. The van der Waals surface area contributed by atoms with Crippen LogP contribution < -0.4 is 0 Å². The molecule has 1 aliphatic rings.